The summed E-state index contributed by atoms with van der Waals surface area (Å²) in [5.41, 5.74) is 6.57. The monoisotopic (exact) mass is 571 g/mol. The first-order valence-electron chi connectivity index (χ1n) is 12.1. The minimum atomic E-state index is -0.184. The van der Waals surface area contributed by atoms with Crippen molar-refractivity contribution < 1.29 is 9.59 Å². The van der Waals surface area contributed by atoms with Gasteiger partial charge >= 0.3 is 0 Å². The van der Waals surface area contributed by atoms with Crippen LogP contribution in [0.25, 0.3) is 22.5 Å². The lowest BCUT2D eigenvalue weighted by atomic mass is 10.0. The first-order valence-corrected chi connectivity index (χ1v) is 12.9. The number of nitrogens with zero attached hydrogens (tertiary/aromatic N) is 3. The fourth-order valence-corrected chi connectivity index (χ4v) is 4.21. The van der Waals surface area contributed by atoms with Gasteiger partial charge in [-0.3, -0.25) is 9.59 Å². The predicted octanol–water partition coefficient (Wildman–Crippen LogP) is 7.49. The first kappa shape index (κ1) is 30.0. The molecule has 0 amide bonds. The van der Waals surface area contributed by atoms with Gasteiger partial charge in [0, 0.05) is 54.5 Å². The van der Waals surface area contributed by atoms with E-state index >= 15 is 0 Å². The highest BCUT2D eigenvalue weighted by atomic mass is 35.5. The average molecular weight is 572 g/mol. The number of carbonyl (C=O) groups excluding carboxylic acids is 2. The molecule has 0 fully saturated rings. The topological polar surface area (TPSA) is 117 Å². The molecule has 0 unspecified atom stereocenters. The first-order chi connectivity index (χ1) is 18.9. The molecule has 4 rings (SSSR count). The van der Waals surface area contributed by atoms with Crippen LogP contribution in [0.4, 0.5) is 0 Å². The van der Waals surface area contributed by atoms with Gasteiger partial charge in [-0.2, -0.15) is 10.5 Å². The van der Waals surface area contributed by atoms with Crippen molar-refractivity contribution in [1.29, 1.82) is 10.5 Å². The normalized spacial score (nSPS) is 10.4. The van der Waals surface area contributed by atoms with Gasteiger partial charge in [-0.1, -0.05) is 35.3 Å². The van der Waals surface area contributed by atoms with Crippen molar-refractivity contribution in [3.8, 4) is 34.7 Å². The van der Waals surface area contributed by atoms with Gasteiger partial charge in [0.1, 0.15) is 12.1 Å². The summed E-state index contributed by atoms with van der Waals surface area (Å²) >= 11 is 12.0. The highest BCUT2D eigenvalue weighted by molar-refractivity contribution is 6.31. The second kappa shape index (κ2) is 13.0. The van der Waals surface area contributed by atoms with E-state index < -0.39 is 0 Å². The Bertz CT molecular complexity index is 1700. The van der Waals surface area contributed by atoms with E-state index in [0.29, 0.717) is 43.9 Å². The highest BCUT2D eigenvalue weighted by Crippen LogP contribution is 2.30. The van der Waals surface area contributed by atoms with E-state index in [1.165, 1.54) is 13.0 Å². The summed E-state index contributed by atoms with van der Waals surface area (Å²) in [6.45, 7) is 5.32. The summed E-state index contributed by atoms with van der Waals surface area (Å²) in [4.78, 5) is 31.3. The molecule has 202 valence electrons. The number of rotatable bonds is 6. The molecule has 0 aliphatic heterocycles. The van der Waals surface area contributed by atoms with Crippen LogP contribution >= 0.6 is 23.2 Å². The quantitative estimate of drug-likeness (QED) is 0.183. The van der Waals surface area contributed by atoms with Gasteiger partial charge in [0.2, 0.25) is 5.78 Å². The maximum absolute atomic E-state index is 12.1. The van der Waals surface area contributed by atoms with E-state index in [1.54, 1.807) is 47.5 Å². The van der Waals surface area contributed by atoms with Gasteiger partial charge in [0.15, 0.2) is 5.78 Å². The Balaban J connectivity index is 0.000000225. The molecule has 2 heterocycles. The van der Waals surface area contributed by atoms with Crippen LogP contribution in [0.1, 0.15) is 50.2 Å². The van der Waals surface area contributed by atoms with E-state index in [4.69, 9.17) is 28.5 Å². The Morgan fingerprint density at radius 3 is 1.68 bits per heavy atom. The number of aromatic amines is 2. The van der Waals surface area contributed by atoms with Gasteiger partial charge in [-0.05, 0) is 61.4 Å². The van der Waals surface area contributed by atoms with Crippen molar-refractivity contribution in [1.82, 2.24) is 14.9 Å². The summed E-state index contributed by atoms with van der Waals surface area (Å²) in [5.74, 6) is -0.284. The van der Waals surface area contributed by atoms with Gasteiger partial charge < -0.3 is 14.9 Å². The lowest BCUT2D eigenvalue weighted by molar-refractivity contribution is 0.101. The number of aryl methyl sites for hydroxylation is 2. The van der Waals surface area contributed by atoms with Crippen molar-refractivity contribution in [2.24, 2.45) is 0 Å². The molecule has 4 aromatic rings. The number of halogens is 2. The van der Waals surface area contributed by atoms with Gasteiger partial charge in [-0.25, -0.2) is 0 Å². The lowest BCUT2D eigenvalue weighted by Crippen LogP contribution is -2.03. The summed E-state index contributed by atoms with van der Waals surface area (Å²) in [6.07, 6.45) is 3.13. The molecule has 0 aliphatic rings. The molecule has 40 heavy (non-hydrogen) atoms. The zero-order valence-corrected chi connectivity index (χ0v) is 24.2. The second-order valence-electron chi connectivity index (χ2n) is 9.29. The number of nitriles is 2. The van der Waals surface area contributed by atoms with Crippen LogP contribution in [0.15, 0.2) is 60.8 Å². The van der Waals surface area contributed by atoms with Crippen LogP contribution in [-0.2, 0) is 0 Å². The van der Waals surface area contributed by atoms with Crippen molar-refractivity contribution in [3.05, 3.63) is 104 Å². The molecule has 0 bridgehead atoms. The average Bonchev–Trinajstić information content (AvgIpc) is 3.55. The van der Waals surface area contributed by atoms with Crippen LogP contribution in [0, 0.1) is 36.5 Å². The fraction of sp³-hybridized carbons (Fsp3) is 0.161. The van der Waals surface area contributed by atoms with Crippen LogP contribution in [0.2, 0.25) is 10.0 Å². The molecule has 2 N–H and O–H groups in total. The van der Waals surface area contributed by atoms with E-state index in [9.17, 15) is 14.9 Å². The largest absolute Gasteiger partial charge is 0.383 e. The van der Waals surface area contributed by atoms with E-state index in [0.717, 1.165) is 22.3 Å². The van der Waals surface area contributed by atoms with E-state index in [1.807, 2.05) is 40.1 Å². The third-order valence-corrected chi connectivity index (χ3v) is 6.45. The second-order valence-corrected chi connectivity index (χ2v) is 10.2. The molecule has 0 aliphatic carbocycles. The summed E-state index contributed by atoms with van der Waals surface area (Å²) in [6, 6.07) is 18.3. The number of hydrogen-bond acceptors (Lipinski definition) is 5. The molecular formula is C31H27Cl2N5O2. The minimum absolute atomic E-state index is 0.0996. The van der Waals surface area contributed by atoms with Gasteiger partial charge in [0.05, 0.1) is 33.9 Å². The van der Waals surface area contributed by atoms with Gasteiger partial charge in [-0.15, -0.1) is 0 Å². The number of Topliss-reactive ketones (excluding diaryl/α,β-unsaturated/α-hetero) is 1. The Hall–Kier alpha value is -4.56. The molecule has 0 saturated heterocycles. The van der Waals surface area contributed by atoms with Crippen molar-refractivity contribution in [2.45, 2.75) is 20.8 Å². The van der Waals surface area contributed by atoms with Gasteiger partial charge in [0.25, 0.3) is 0 Å². The number of carbonyl (C=O) groups is 2. The number of hydrogen-bond donors (Lipinski definition) is 2. The number of benzene rings is 2. The molecular weight excluding hydrogens is 545 g/mol. The molecule has 9 heteroatoms. The molecule has 7 nitrogen and oxygen atoms in total. The highest BCUT2D eigenvalue weighted by Gasteiger charge is 2.16. The van der Waals surface area contributed by atoms with Crippen LogP contribution < -0.4 is 0 Å². The molecule has 2 aromatic heterocycles. The summed E-state index contributed by atoms with van der Waals surface area (Å²) in [7, 11) is 3.67. The summed E-state index contributed by atoms with van der Waals surface area (Å²) in [5, 5.41) is 19.6. The van der Waals surface area contributed by atoms with E-state index in [-0.39, 0.29) is 11.6 Å². The van der Waals surface area contributed by atoms with Crippen molar-refractivity contribution in [2.75, 3.05) is 14.1 Å². The molecule has 2 aromatic carbocycles. The van der Waals surface area contributed by atoms with Crippen LogP contribution in [0.3, 0.4) is 0 Å². The van der Waals surface area contributed by atoms with E-state index in [2.05, 4.69) is 22.1 Å². The zero-order chi connectivity index (χ0) is 29.6. The zero-order valence-electron chi connectivity index (χ0n) is 22.7. The number of allylic oxidation sites excluding steroid dienone is 1. The SMILES string of the molecule is CC(=O)c1cc(C#N)c(-c2cc(Cl)ccc2C)[nH]1.Cc1ccc(Cl)cc1-c1[nH]c(C(=O)/C=C/N(C)C)cc1C#N. The molecule has 0 radical (unpaired) electrons. The fourth-order valence-electron chi connectivity index (χ4n) is 3.87. The summed E-state index contributed by atoms with van der Waals surface area (Å²) < 4.78 is 0. The molecule has 0 atom stereocenters. The maximum atomic E-state index is 12.1. The van der Waals surface area contributed by atoms with Crippen LogP contribution in [0.5, 0.6) is 0 Å². The minimum Gasteiger partial charge on any atom is -0.383 e. The Morgan fingerprint density at radius 1 is 0.800 bits per heavy atom. The number of H-pyrrole nitrogens is 2. The predicted molar refractivity (Wildman–Crippen MR) is 159 cm³/mol. The number of ketones is 2. The van der Waals surface area contributed by atoms with Crippen molar-refractivity contribution in [3.63, 3.8) is 0 Å². The smallest absolute Gasteiger partial charge is 0.203 e. The number of nitrogens with one attached hydrogen (secondary N) is 2. The Labute approximate surface area is 243 Å². The maximum Gasteiger partial charge on any atom is 0.203 e. The Morgan fingerprint density at radius 2 is 1.25 bits per heavy atom. The molecule has 0 saturated carbocycles. The third-order valence-electron chi connectivity index (χ3n) is 5.98. The Kier molecular flexibility index (Phi) is 9.74. The van der Waals surface area contributed by atoms with Crippen molar-refractivity contribution >= 4 is 34.8 Å². The standard InChI is InChI=1S/C17H16ClN3O.C14H11ClN2O/c1-11-4-5-13(18)9-14(11)17-12(10-19)8-15(20-17)16(22)6-7-21(2)3;1-8-3-4-11(15)6-12(8)14-10(7-16)5-13(17-14)9(2)18/h4-9,20H,1-3H3;3-6,17H,1-2H3/b7-6+;. The van der Waals surface area contributed by atoms with Crippen LogP contribution in [-0.4, -0.2) is 40.5 Å². The lowest BCUT2D eigenvalue weighted by Gasteiger charge is -2.05. The number of aromatic nitrogens is 2. The molecule has 0 spiro atoms. The third kappa shape index (κ3) is 7.09.